The van der Waals surface area contributed by atoms with Crippen molar-refractivity contribution in [3.8, 4) is 0 Å². The summed E-state index contributed by atoms with van der Waals surface area (Å²) in [6, 6.07) is 0. The fourth-order valence-electron chi connectivity index (χ4n) is 0.0915. The van der Waals surface area contributed by atoms with E-state index in [1.165, 1.54) is 0 Å². The van der Waals surface area contributed by atoms with Gasteiger partial charge in [-0.1, -0.05) is 0 Å². The zero-order chi connectivity index (χ0) is 7.65. The van der Waals surface area contributed by atoms with Crippen LogP contribution in [0.15, 0.2) is 0 Å². The Labute approximate surface area is 85.8 Å². The molecule has 10 heavy (non-hydrogen) atoms. The van der Waals surface area contributed by atoms with Crippen LogP contribution in [-0.2, 0) is 9.59 Å². The van der Waals surface area contributed by atoms with E-state index < -0.39 is 16.5 Å². The summed E-state index contributed by atoms with van der Waals surface area (Å²) in [4.78, 5) is 19.3. The van der Waals surface area contributed by atoms with Crippen LogP contribution in [0.3, 0.4) is 0 Å². The molecule has 0 spiro atoms. The third-order valence-corrected chi connectivity index (χ3v) is 1.22. The summed E-state index contributed by atoms with van der Waals surface area (Å²) in [5.41, 5.74) is 0. The first-order valence-corrected chi connectivity index (χ1v) is 2.53. The fourth-order valence-corrected chi connectivity index (χ4v) is 0.0915. The van der Waals surface area contributed by atoms with Gasteiger partial charge in [0, 0.05) is 0 Å². The molecule has 0 aromatic carbocycles. The van der Waals surface area contributed by atoms with Crippen LogP contribution >= 0.6 is 15.9 Å². The molecular formula is C3H3BrFNaO4. The molecule has 0 aliphatic heterocycles. The molecule has 0 fully saturated rings. The predicted molar refractivity (Wildman–Crippen MR) is 35.2 cm³/mol. The summed E-state index contributed by atoms with van der Waals surface area (Å²) in [5, 5.41) is 15.6. The van der Waals surface area contributed by atoms with E-state index in [1.54, 1.807) is 0 Å². The van der Waals surface area contributed by atoms with E-state index in [0.717, 1.165) is 0 Å². The summed E-state index contributed by atoms with van der Waals surface area (Å²) >= 11 is 1.84. The number of carboxylic acids is 2. The molecule has 7 heteroatoms. The molecule has 0 heterocycles. The van der Waals surface area contributed by atoms with Gasteiger partial charge < -0.3 is 10.2 Å². The van der Waals surface area contributed by atoms with E-state index in [0.29, 0.717) is 0 Å². The molecule has 4 nitrogen and oxygen atoms in total. The Morgan fingerprint density at radius 1 is 1.30 bits per heavy atom. The van der Waals surface area contributed by atoms with E-state index in [2.05, 4.69) is 0 Å². The molecule has 0 radical (unpaired) electrons. The first kappa shape index (κ1) is 13.0. The number of aliphatic carboxylic acids is 2. The summed E-state index contributed by atoms with van der Waals surface area (Å²) in [7, 11) is 0. The van der Waals surface area contributed by atoms with Gasteiger partial charge in [0.1, 0.15) is 0 Å². The molecule has 0 aliphatic rings. The zero-order valence-corrected chi connectivity index (χ0v) is 5.55. The predicted octanol–water partition coefficient (Wildman–Crippen LogP) is -0.432. The van der Waals surface area contributed by atoms with Crippen molar-refractivity contribution in [1.82, 2.24) is 0 Å². The molecule has 0 saturated carbocycles. The molecule has 0 aromatic heterocycles. The second-order valence-corrected chi connectivity index (χ2v) is 2.28. The maximum atomic E-state index is 12.1. The molecule has 0 bridgehead atoms. The van der Waals surface area contributed by atoms with Crippen LogP contribution in [0.5, 0.6) is 0 Å². The average molecular weight is 225 g/mol. The van der Waals surface area contributed by atoms with Crippen LogP contribution < -0.4 is 0 Å². The summed E-state index contributed by atoms with van der Waals surface area (Å²) in [5.74, 6) is -4.15. The van der Waals surface area contributed by atoms with Crippen LogP contribution in [-0.4, -0.2) is 56.3 Å². The monoisotopic (exact) mass is 224 g/mol. The van der Waals surface area contributed by atoms with Crippen molar-refractivity contribution in [2.45, 2.75) is 4.58 Å². The Morgan fingerprint density at radius 3 is 1.50 bits per heavy atom. The number of carbonyl (C=O) groups is 2. The second kappa shape index (κ2) is 4.27. The van der Waals surface area contributed by atoms with Crippen molar-refractivity contribution < 1.29 is 24.2 Å². The van der Waals surface area contributed by atoms with E-state index in [1.807, 2.05) is 15.9 Å². The number of carboxylic acid groups (broad SMARTS) is 2. The molecule has 0 atom stereocenters. The molecule has 2 N–H and O–H groups in total. The van der Waals surface area contributed by atoms with Crippen LogP contribution in [0.4, 0.5) is 4.39 Å². The van der Waals surface area contributed by atoms with Gasteiger partial charge in [-0.25, -0.2) is 14.0 Å². The quantitative estimate of drug-likeness (QED) is 0.379. The molecule has 0 amide bonds. The van der Waals surface area contributed by atoms with Gasteiger partial charge in [-0.3, -0.25) is 0 Å². The molecule has 0 saturated heterocycles. The Morgan fingerprint density at radius 2 is 1.50 bits per heavy atom. The Kier molecular flexibility index (Phi) is 5.55. The van der Waals surface area contributed by atoms with Gasteiger partial charge in [0.15, 0.2) is 0 Å². The average Bonchev–Trinajstić information content (AvgIpc) is 1.65. The molecule has 0 aromatic rings. The summed E-state index contributed by atoms with van der Waals surface area (Å²) < 4.78 is 8.70. The van der Waals surface area contributed by atoms with E-state index in [4.69, 9.17) is 10.2 Å². The van der Waals surface area contributed by atoms with Crippen molar-refractivity contribution in [3.63, 3.8) is 0 Å². The topological polar surface area (TPSA) is 74.6 Å². The Hall–Kier alpha value is 0.350. The molecular weight excluding hydrogens is 222 g/mol. The standard InChI is InChI=1S/C3H2BrFO4.Na.H/c4-3(5,1(6)7)2(8)9;;/h(H,6,7)(H,8,9);;. The summed E-state index contributed by atoms with van der Waals surface area (Å²) in [6.45, 7) is 0. The number of hydrogen-bond donors (Lipinski definition) is 2. The van der Waals surface area contributed by atoms with Gasteiger partial charge in [0.25, 0.3) is 0 Å². The third-order valence-electron chi connectivity index (χ3n) is 0.537. The Bertz CT molecular complexity index is 143. The van der Waals surface area contributed by atoms with Crippen molar-refractivity contribution >= 4 is 57.4 Å². The Balaban J connectivity index is 0. The van der Waals surface area contributed by atoms with Gasteiger partial charge in [-0.15, -0.1) is 0 Å². The molecule has 54 valence electrons. The molecule has 0 rings (SSSR count). The maximum absolute atomic E-state index is 12.1. The van der Waals surface area contributed by atoms with E-state index in [-0.39, 0.29) is 29.6 Å². The van der Waals surface area contributed by atoms with Crippen molar-refractivity contribution in [2.75, 3.05) is 0 Å². The minimum absolute atomic E-state index is 0. The number of alkyl halides is 2. The van der Waals surface area contributed by atoms with Crippen molar-refractivity contribution in [3.05, 3.63) is 0 Å². The first-order valence-electron chi connectivity index (χ1n) is 1.73. The van der Waals surface area contributed by atoms with Gasteiger partial charge >= 0.3 is 46.1 Å². The number of hydrogen-bond acceptors (Lipinski definition) is 2. The second-order valence-electron chi connectivity index (χ2n) is 1.18. The number of halogens is 2. The van der Waals surface area contributed by atoms with Crippen LogP contribution in [0.2, 0.25) is 0 Å². The van der Waals surface area contributed by atoms with E-state index >= 15 is 0 Å². The van der Waals surface area contributed by atoms with Crippen LogP contribution in [0, 0.1) is 0 Å². The normalized spacial score (nSPS) is 9.80. The first-order chi connectivity index (χ1) is 3.89. The van der Waals surface area contributed by atoms with Crippen LogP contribution in [0.1, 0.15) is 0 Å². The van der Waals surface area contributed by atoms with Gasteiger partial charge in [0.2, 0.25) is 0 Å². The third kappa shape index (κ3) is 2.96. The van der Waals surface area contributed by atoms with Gasteiger partial charge in [0.05, 0.1) is 0 Å². The SMILES string of the molecule is O=C(O)C(F)(Br)C(=O)O.[NaH]. The molecule has 0 aliphatic carbocycles. The molecule has 0 unspecified atom stereocenters. The van der Waals surface area contributed by atoms with Crippen molar-refractivity contribution in [2.24, 2.45) is 0 Å². The van der Waals surface area contributed by atoms with Gasteiger partial charge in [-0.2, -0.15) is 0 Å². The summed E-state index contributed by atoms with van der Waals surface area (Å²) in [6.07, 6.45) is 0. The van der Waals surface area contributed by atoms with Gasteiger partial charge in [-0.05, 0) is 15.9 Å². The van der Waals surface area contributed by atoms with Crippen molar-refractivity contribution in [1.29, 1.82) is 0 Å². The number of rotatable bonds is 2. The fraction of sp³-hybridized carbons (Fsp3) is 0.333. The minimum atomic E-state index is -3.35. The zero-order valence-electron chi connectivity index (χ0n) is 3.97. The van der Waals surface area contributed by atoms with E-state index in [9.17, 15) is 14.0 Å². The van der Waals surface area contributed by atoms with Crippen LogP contribution in [0.25, 0.3) is 0 Å².